The molecule has 1 unspecified atom stereocenters. The molecule has 0 saturated heterocycles. The van der Waals surface area contributed by atoms with Crippen molar-refractivity contribution in [2.75, 3.05) is 6.54 Å². The topological polar surface area (TPSA) is 50.7 Å². The predicted octanol–water partition coefficient (Wildman–Crippen LogP) is 3.11. The number of nitrogens with one attached hydrogen (secondary N) is 1. The highest BCUT2D eigenvalue weighted by Crippen LogP contribution is 2.27. The lowest BCUT2D eigenvalue weighted by molar-refractivity contribution is 0.581. The highest BCUT2D eigenvalue weighted by molar-refractivity contribution is 7.05. The predicted molar refractivity (Wildman–Crippen MR) is 78.2 cm³/mol. The van der Waals surface area contributed by atoms with E-state index in [-0.39, 0.29) is 11.9 Å². The first-order valence-corrected chi connectivity index (χ1v) is 7.68. The maximum absolute atomic E-state index is 13.4. The lowest BCUT2D eigenvalue weighted by atomic mass is 10.0. The van der Waals surface area contributed by atoms with Gasteiger partial charge in [-0.25, -0.2) is 4.39 Å². The zero-order chi connectivity index (χ0) is 14.4. The van der Waals surface area contributed by atoms with E-state index in [0.717, 1.165) is 41.9 Å². The van der Waals surface area contributed by atoms with Crippen LogP contribution in [0, 0.1) is 5.82 Å². The molecule has 0 aliphatic heterocycles. The van der Waals surface area contributed by atoms with Crippen LogP contribution in [0.2, 0.25) is 0 Å². The largest absolute Gasteiger partial charge is 0.305 e. The van der Waals surface area contributed by atoms with Crippen molar-refractivity contribution >= 4 is 11.5 Å². The summed E-state index contributed by atoms with van der Waals surface area (Å²) in [7, 11) is 0. The highest BCUT2D eigenvalue weighted by atomic mass is 32.1. The second-order valence-electron chi connectivity index (χ2n) is 4.66. The van der Waals surface area contributed by atoms with E-state index < -0.39 is 0 Å². The van der Waals surface area contributed by atoms with Gasteiger partial charge < -0.3 is 5.32 Å². The second-order valence-corrected chi connectivity index (χ2v) is 5.44. The van der Waals surface area contributed by atoms with E-state index in [0.29, 0.717) is 0 Å². The Morgan fingerprint density at radius 2 is 2.15 bits per heavy atom. The van der Waals surface area contributed by atoms with Crippen LogP contribution in [0.15, 0.2) is 18.5 Å². The van der Waals surface area contributed by atoms with Crippen molar-refractivity contribution in [2.24, 2.45) is 0 Å². The van der Waals surface area contributed by atoms with Crippen LogP contribution in [0.1, 0.15) is 48.9 Å². The Kier molecular flexibility index (Phi) is 5.55. The first-order chi connectivity index (χ1) is 9.76. The third-order valence-corrected chi connectivity index (χ3v) is 3.82. The summed E-state index contributed by atoms with van der Waals surface area (Å²) in [6, 6.07) is 1.44. The van der Waals surface area contributed by atoms with Crippen molar-refractivity contribution in [1.29, 1.82) is 0 Å². The van der Waals surface area contributed by atoms with Crippen LogP contribution in [0.4, 0.5) is 4.39 Å². The number of hydrogen-bond acceptors (Lipinski definition) is 5. The van der Waals surface area contributed by atoms with Crippen LogP contribution in [0.5, 0.6) is 0 Å². The fraction of sp³-hybridized carbons (Fsp3) is 0.500. The Labute approximate surface area is 122 Å². The van der Waals surface area contributed by atoms with Gasteiger partial charge in [0.15, 0.2) is 0 Å². The molecule has 2 rings (SSSR count). The fourth-order valence-electron chi connectivity index (χ4n) is 2.08. The average Bonchev–Trinajstić information content (AvgIpc) is 2.88. The molecule has 0 amide bonds. The normalized spacial score (nSPS) is 12.6. The summed E-state index contributed by atoms with van der Waals surface area (Å²) in [6.07, 6.45) is 5.83. The molecule has 1 atom stereocenters. The lowest BCUT2D eigenvalue weighted by Gasteiger charge is -2.18. The molecule has 6 heteroatoms. The smallest absolute Gasteiger partial charge is 0.141 e. The Morgan fingerprint density at radius 3 is 2.85 bits per heavy atom. The van der Waals surface area contributed by atoms with Crippen molar-refractivity contribution in [2.45, 2.75) is 39.2 Å². The SMILES string of the molecule is CCCNC(c1cncc(F)c1)c1snnc1CCC. The van der Waals surface area contributed by atoms with Crippen molar-refractivity contribution in [3.63, 3.8) is 0 Å². The van der Waals surface area contributed by atoms with Gasteiger partial charge in [-0.2, -0.15) is 0 Å². The van der Waals surface area contributed by atoms with Crippen LogP contribution < -0.4 is 5.32 Å². The fourth-order valence-corrected chi connectivity index (χ4v) is 2.88. The van der Waals surface area contributed by atoms with Gasteiger partial charge in [-0.15, -0.1) is 5.10 Å². The highest BCUT2D eigenvalue weighted by Gasteiger charge is 2.21. The molecule has 0 fully saturated rings. The number of aryl methyl sites for hydroxylation is 1. The van der Waals surface area contributed by atoms with Crippen molar-refractivity contribution in [1.82, 2.24) is 19.9 Å². The van der Waals surface area contributed by atoms with Crippen molar-refractivity contribution in [3.05, 3.63) is 40.4 Å². The zero-order valence-electron chi connectivity index (χ0n) is 11.8. The third kappa shape index (κ3) is 3.58. The zero-order valence-corrected chi connectivity index (χ0v) is 12.6. The molecule has 0 aliphatic carbocycles. The summed E-state index contributed by atoms with van der Waals surface area (Å²) >= 11 is 1.37. The van der Waals surface area contributed by atoms with Gasteiger partial charge in [0.25, 0.3) is 0 Å². The van der Waals surface area contributed by atoms with E-state index in [1.165, 1.54) is 23.8 Å². The summed E-state index contributed by atoms with van der Waals surface area (Å²) in [5.41, 5.74) is 1.82. The van der Waals surface area contributed by atoms with E-state index >= 15 is 0 Å². The molecule has 0 radical (unpaired) electrons. The minimum absolute atomic E-state index is 0.0836. The number of hydrogen-bond donors (Lipinski definition) is 1. The molecule has 2 aromatic rings. The van der Waals surface area contributed by atoms with Gasteiger partial charge in [0, 0.05) is 6.20 Å². The van der Waals surface area contributed by atoms with Crippen LogP contribution >= 0.6 is 11.5 Å². The van der Waals surface area contributed by atoms with Gasteiger partial charge in [0.2, 0.25) is 0 Å². The summed E-state index contributed by atoms with van der Waals surface area (Å²) in [6.45, 7) is 5.07. The van der Waals surface area contributed by atoms with E-state index in [1.807, 2.05) is 0 Å². The number of pyridine rings is 1. The molecule has 0 aliphatic rings. The second kappa shape index (κ2) is 7.40. The number of rotatable bonds is 7. The molecule has 2 aromatic heterocycles. The first kappa shape index (κ1) is 15.0. The molecule has 108 valence electrons. The molecule has 20 heavy (non-hydrogen) atoms. The third-order valence-electron chi connectivity index (χ3n) is 2.99. The molecule has 0 bridgehead atoms. The maximum Gasteiger partial charge on any atom is 0.141 e. The Balaban J connectivity index is 2.33. The van der Waals surface area contributed by atoms with Gasteiger partial charge in [0.05, 0.1) is 22.8 Å². The number of aromatic nitrogens is 3. The van der Waals surface area contributed by atoms with Gasteiger partial charge in [-0.05, 0) is 42.5 Å². The Morgan fingerprint density at radius 1 is 1.30 bits per heavy atom. The summed E-state index contributed by atoms with van der Waals surface area (Å²) in [5.74, 6) is -0.319. The lowest BCUT2D eigenvalue weighted by Crippen LogP contribution is -2.23. The van der Waals surface area contributed by atoms with Crippen molar-refractivity contribution in [3.8, 4) is 0 Å². The van der Waals surface area contributed by atoms with Crippen LogP contribution in [-0.4, -0.2) is 21.1 Å². The Bertz CT molecular complexity index is 543. The Hall–Kier alpha value is -1.40. The maximum atomic E-state index is 13.4. The molecule has 2 heterocycles. The molecular weight excluding hydrogens is 275 g/mol. The number of halogens is 1. The standard InChI is InChI=1S/C14H19FN4S/c1-3-5-12-14(20-19-18-12)13(17-6-4-2)10-7-11(15)9-16-8-10/h7-9,13,17H,3-6H2,1-2H3. The molecular formula is C14H19FN4S. The molecule has 1 N–H and O–H groups in total. The van der Waals surface area contributed by atoms with E-state index in [9.17, 15) is 4.39 Å². The summed E-state index contributed by atoms with van der Waals surface area (Å²) < 4.78 is 17.5. The van der Waals surface area contributed by atoms with Crippen LogP contribution in [0.25, 0.3) is 0 Å². The average molecular weight is 294 g/mol. The molecule has 0 spiro atoms. The molecule has 0 saturated carbocycles. The van der Waals surface area contributed by atoms with Gasteiger partial charge in [0.1, 0.15) is 5.82 Å². The monoisotopic (exact) mass is 294 g/mol. The van der Waals surface area contributed by atoms with Crippen LogP contribution in [0.3, 0.4) is 0 Å². The minimum atomic E-state index is -0.319. The molecule has 4 nitrogen and oxygen atoms in total. The van der Waals surface area contributed by atoms with E-state index in [1.54, 1.807) is 6.20 Å². The van der Waals surface area contributed by atoms with Crippen molar-refractivity contribution < 1.29 is 4.39 Å². The van der Waals surface area contributed by atoms with E-state index in [2.05, 4.69) is 33.7 Å². The molecule has 0 aromatic carbocycles. The van der Waals surface area contributed by atoms with E-state index in [4.69, 9.17) is 0 Å². The van der Waals surface area contributed by atoms with Gasteiger partial charge >= 0.3 is 0 Å². The summed E-state index contributed by atoms with van der Waals surface area (Å²) in [5, 5.41) is 7.64. The number of nitrogens with zero attached hydrogens (tertiary/aromatic N) is 3. The summed E-state index contributed by atoms with van der Waals surface area (Å²) in [4.78, 5) is 5.01. The quantitative estimate of drug-likeness (QED) is 0.852. The van der Waals surface area contributed by atoms with Gasteiger partial charge in [-0.3, -0.25) is 4.98 Å². The minimum Gasteiger partial charge on any atom is -0.305 e. The van der Waals surface area contributed by atoms with Crippen LogP contribution in [-0.2, 0) is 6.42 Å². The van der Waals surface area contributed by atoms with Gasteiger partial charge in [-0.1, -0.05) is 24.8 Å². The first-order valence-electron chi connectivity index (χ1n) is 6.91.